The summed E-state index contributed by atoms with van der Waals surface area (Å²) in [4.78, 5) is 6.72. The quantitative estimate of drug-likeness (QED) is 0.313. The lowest BCUT2D eigenvalue weighted by molar-refractivity contribution is 0.491. The second kappa shape index (κ2) is 5.04. The second-order valence-electron chi connectivity index (χ2n) is 2.82. The molecule has 0 saturated heterocycles. The first-order valence-corrected chi connectivity index (χ1v) is 4.89. The summed E-state index contributed by atoms with van der Waals surface area (Å²) in [6.07, 6.45) is 0. The number of nitrogens with zero attached hydrogens (tertiary/aromatic N) is 2. The minimum atomic E-state index is -1.35. The maximum atomic E-state index is 13.3. The molecule has 0 spiro atoms. The first-order valence-electron chi connectivity index (χ1n) is 4.09. The van der Waals surface area contributed by atoms with Crippen molar-refractivity contribution in [2.45, 2.75) is 0 Å². The van der Waals surface area contributed by atoms with Gasteiger partial charge in [-0.1, -0.05) is 0 Å². The summed E-state index contributed by atoms with van der Waals surface area (Å²) in [6, 6.07) is 0.335. The van der Waals surface area contributed by atoms with Crippen molar-refractivity contribution in [2.24, 2.45) is 27.2 Å². The van der Waals surface area contributed by atoms with E-state index >= 15 is 0 Å². The molecule has 5 nitrogen and oxygen atoms in total. The van der Waals surface area contributed by atoms with Crippen LogP contribution in [0.5, 0.6) is 0 Å². The molecule has 0 radical (unpaired) electrons. The molecule has 0 aromatic heterocycles. The fourth-order valence-corrected chi connectivity index (χ4v) is 1.40. The molecule has 0 unspecified atom stereocenters. The average molecular weight is 310 g/mol. The number of hydrogen-bond donors (Lipinski definition) is 3. The van der Waals surface area contributed by atoms with Gasteiger partial charge in [-0.05, 0) is 15.9 Å². The zero-order valence-corrected chi connectivity index (χ0v) is 9.80. The van der Waals surface area contributed by atoms with Crippen molar-refractivity contribution in [1.29, 1.82) is 0 Å². The zero-order valence-electron chi connectivity index (χ0n) is 8.22. The molecule has 9 heteroatoms. The Labute approximate surface area is 102 Å². The fourth-order valence-electron chi connectivity index (χ4n) is 0.931. The van der Waals surface area contributed by atoms with Gasteiger partial charge >= 0.3 is 0 Å². The zero-order chi connectivity index (χ0) is 13.2. The van der Waals surface area contributed by atoms with Gasteiger partial charge in [-0.2, -0.15) is 4.99 Å². The smallest absolute Gasteiger partial charge is 0.223 e. The molecule has 0 fully saturated rings. The highest BCUT2D eigenvalue weighted by Crippen LogP contribution is 2.32. The highest BCUT2D eigenvalue weighted by Gasteiger charge is 2.16. The maximum absolute atomic E-state index is 13.3. The van der Waals surface area contributed by atoms with E-state index in [0.29, 0.717) is 6.07 Å². The molecule has 0 amide bonds. The molecule has 0 aliphatic rings. The van der Waals surface area contributed by atoms with Gasteiger partial charge in [0.25, 0.3) is 0 Å². The van der Waals surface area contributed by atoms with Crippen molar-refractivity contribution in [1.82, 2.24) is 0 Å². The molecule has 0 bridgehead atoms. The highest BCUT2D eigenvalue weighted by atomic mass is 79.9. The molecule has 1 aromatic rings. The standard InChI is InChI=1S/C8H7BrF3N5/c9-4-5(12)2(10)1-3(11)6(4)16-8(15)17-7(13)14/h1H,(H6,13,14,15,16,17). The molecule has 0 heterocycles. The summed E-state index contributed by atoms with van der Waals surface area (Å²) in [5, 5.41) is 0. The molecule has 0 aliphatic carbocycles. The molecule has 1 aromatic carbocycles. The van der Waals surface area contributed by atoms with E-state index in [9.17, 15) is 13.2 Å². The topological polar surface area (TPSA) is 103 Å². The largest absolute Gasteiger partial charge is 0.370 e. The van der Waals surface area contributed by atoms with E-state index < -0.39 is 39.5 Å². The molecule has 92 valence electrons. The molecular weight excluding hydrogens is 303 g/mol. The Morgan fingerprint density at radius 3 is 2.24 bits per heavy atom. The van der Waals surface area contributed by atoms with E-state index in [1.807, 2.05) is 0 Å². The van der Waals surface area contributed by atoms with Gasteiger partial charge in [0, 0.05) is 6.07 Å². The van der Waals surface area contributed by atoms with E-state index in [1.54, 1.807) is 0 Å². The molecular formula is C8H7BrF3N5. The van der Waals surface area contributed by atoms with Crippen LogP contribution in [0.3, 0.4) is 0 Å². The Kier molecular flexibility index (Phi) is 3.94. The van der Waals surface area contributed by atoms with Crippen molar-refractivity contribution in [3.63, 3.8) is 0 Å². The van der Waals surface area contributed by atoms with Crippen LogP contribution in [0, 0.1) is 17.5 Å². The van der Waals surface area contributed by atoms with Gasteiger partial charge in [0.05, 0.1) is 4.47 Å². The molecule has 1 rings (SSSR count). The SMILES string of the molecule is NC(N)=NC(N)=Nc1c(F)cc(F)c(F)c1Br. The van der Waals surface area contributed by atoms with Crippen LogP contribution >= 0.6 is 15.9 Å². The molecule has 0 saturated carbocycles. The van der Waals surface area contributed by atoms with Crippen molar-refractivity contribution in [3.8, 4) is 0 Å². The molecule has 0 atom stereocenters. The summed E-state index contributed by atoms with van der Waals surface area (Å²) < 4.78 is 38.6. The van der Waals surface area contributed by atoms with Crippen LogP contribution in [0.4, 0.5) is 18.9 Å². The predicted molar refractivity (Wildman–Crippen MR) is 61.1 cm³/mol. The maximum Gasteiger partial charge on any atom is 0.223 e. The van der Waals surface area contributed by atoms with Crippen LogP contribution in [0.25, 0.3) is 0 Å². The Morgan fingerprint density at radius 1 is 1.12 bits per heavy atom. The molecule has 17 heavy (non-hydrogen) atoms. The summed E-state index contributed by atoms with van der Waals surface area (Å²) in [6.45, 7) is 0. The lowest BCUT2D eigenvalue weighted by Crippen LogP contribution is -2.26. The number of guanidine groups is 2. The summed E-state index contributed by atoms with van der Waals surface area (Å²) in [5.74, 6) is -4.64. The Bertz CT molecular complexity index is 510. The van der Waals surface area contributed by atoms with Gasteiger partial charge in [0.2, 0.25) is 5.96 Å². The number of benzene rings is 1. The Morgan fingerprint density at radius 2 is 1.71 bits per heavy atom. The lowest BCUT2D eigenvalue weighted by Gasteiger charge is -2.03. The third-order valence-electron chi connectivity index (χ3n) is 1.56. The van der Waals surface area contributed by atoms with Gasteiger partial charge in [-0.3, -0.25) is 0 Å². The van der Waals surface area contributed by atoms with E-state index in [2.05, 4.69) is 25.9 Å². The number of hydrogen-bond acceptors (Lipinski definition) is 1. The van der Waals surface area contributed by atoms with Gasteiger partial charge in [-0.25, -0.2) is 18.2 Å². The Balaban J connectivity index is 3.34. The minimum absolute atomic E-state index is 0.335. The number of nitrogens with two attached hydrogens (primary N) is 3. The van der Waals surface area contributed by atoms with E-state index in [-0.39, 0.29) is 0 Å². The van der Waals surface area contributed by atoms with Crippen LogP contribution in [0.1, 0.15) is 0 Å². The van der Waals surface area contributed by atoms with Crippen LogP contribution < -0.4 is 17.2 Å². The summed E-state index contributed by atoms with van der Waals surface area (Å²) in [5.41, 5.74) is 14.7. The Hall–Kier alpha value is -1.77. The molecule has 0 aliphatic heterocycles. The van der Waals surface area contributed by atoms with Gasteiger partial charge in [0.1, 0.15) is 5.69 Å². The average Bonchev–Trinajstić information content (AvgIpc) is 2.20. The third-order valence-corrected chi connectivity index (χ3v) is 2.28. The normalized spacial score (nSPS) is 11.4. The minimum Gasteiger partial charge on any atom is -0.370 e. The number of rotatable bonds is 1. The molecule has 6 N–H and O–H groups in total. The summed E-state index contributed by atoms with van der Waals surface area (Å²) >= 11 is 2.65. The third kappa shape index (κ3) is 3.09. The van der Waals surface area contributed by atoms with Gasteiger partial charge < -0.3 is 17.2 Å². The fraction of sp³-hybridized carbons (Fsp3) is 0. The van der Waals surface area contributed by atoms with Crippen LogP contribution in [0.2, 0.25) is 0 Å². The van der Waals surface area contributed by atoms with E-state index in [0.717, 1.165) is 0 Å². The van der Waals surface area contributed by atoms with Crippen molar-refractivity contribution >= 4 is 33.5 Å². The van der Waals surface area contributed by atoms with Crippen LogP contribution in [-0.2, 0) is 0 Å². The van der Waals surface area contributed by atoms with Gasteiger partial charge in [0.15, 0.2) is 23.4 Å². The van der Waals surface area contributed by atoms with Crippen molar-refractivity contribution in [3.05, 3.63) is 28.0 Å². The van der Waals surface area contributed by atoms with E-state index in [4.69, 9.17) is 17.2 Å². The summed E-state index contributed by atoms with van der Waals surface area (Å²) in [7, 11) is 0. The van der Waals surface area contributed by atoms with Crippen LogP contribution in [0.15, 0.2) is 20.5 Å². The first-order chi connectivity index (χ1) is 7.82. The highest BCUT2D eigenvalue weighted by molar-refractivity contribution is 9.10. The monoisotopic (exact) mass is 309 g/mol. The van der Waals surface area contributed by atoms with E-state index in [1.165, 1.54) is 0 Å². The first kappa shape index (κ1) is 13.3. The van der Waals surface area contributed by atoms with Crippen molar-refractivity contribution < 1.29 is 13.2 Å². The second-order valence-corrected chi connectivity index (χ2v) is 3.62. The van der Waals surface area contributed by atoms with Crippen LogP contribution in [-0.4, -0.2) is 11.9 Å². The van der Waals surface area contributed by atoms with Crippen molar-refractivity contribution in [2.75, 3.05) is 0 Å². The van der Waals surface area contributed by atoms with Gasteiger partial charge in [-0.15, -0.1) is 0 Å². The number of halogens is 4. The number of aliphatic imine (C=N–C) groups is 2. The lowest BCUT2D eigenvalue weighted by atomic mass is 10.3. The predicted octanol–water partition coefficient (Wildman–Crippen LogP) is 1.09.